The summed E-state index contributed by atoms with van der Waals surface area (Å²) in [5.41, 5.74) is 7.07. The molecule has 5 heteroatoms. The van der Waals surface area contributed by atoms with Crippen LogP contribution in [-0.2, 0) is 4.79 Å². The third-order valence-corrected chi connectivity index (χ3v) is 4.52. The lowest BCUT2D eigenvalue weighted by molar-refractivity contribution is -0.132. The molecule has 0 aromatic heterocycles. The fraction of sp³-hybridized carbons (Fsp3) is 0.611. The van der Waals surface area contributed by atoms with Crippen molar-refractivity contribution in [1.29, 1.82) is 0 Å². The smallest absolute Gasteiger partial charge is 0.222 e. The van der Waals surface area contributed by atoms with Crippen molar-refractivity contribution in [3.05, 3.63) is 29.8 Å². The molecule has 1 aromatic carbocycles. The Morgan fingerprint density at radius 2 is 2.00 bits per heavy atom. The number of hydrogen-bond donors (Lipinski definition) is 1. The lowest BCUT2D eigenvalue weighted by Crippen LogP contribution is -2.42. The van der Waals surface area contributed by atoms with E-state index in [1.54, 1.807) is 0 Å². The summed E-state index contributed by atoms with van der Waals surface area (Å²) >= 11 is 0. The second kappa shape index (κ2) is 9.78. The fourth-order valence-electron chi connectivity index (χ4n) is 2.96. The number of ether oxygens (including phenoxy) is 1. The number of carbonyl (C=O) groups excluding carboxylic acids is 1. The van der Waals surface area contributed by atoms with Crippen LogP contribution >= 0.6 is 12.4 Å². The van der Waals surface area contributed by atoms with E-state index in [0.717, 1.165) is 43.7 Å². The highest BCUT2D eigenvalue weighted by Gasteiger charge is 2.24. The molecule has 1 atom stereocenters. The van der Waals surface area contributed by atoms with E-state index in [2.05, 4.69) is 6.92 Å². The molecule has 23 heavy (non-hydrogen) atoms. The van der Waals surface area contributed by atoms with Crippen LogP contribution in [-0.4, -0.2) is 36.5 Å². The van der Waals surface area contributed by atoms with Crippen molar-refractivity contribution in [1.82, 2.24) is 4.90 Å². The number of likely N-dealkylation sites (tertiary alicyclic amines) is 1. The van der Waals surface area contributed by atoms with Gasteiger partial charge in [-0.3, -0.25) is 4.79 Å². The molecule has 1 heterocycles. The van der Waals surface area contributed by atoms with Crippen LogP contribution in [0.3, 0.4) is 0 Å². The SMILES string of the molecule is Cc1ccccc1OCCCC(=O)N1CCC(C(C)N)CC1.Cl. The summed E-state index contributed by atoms with van der Waals surface area (Å²) in [5.74, 6) is 1.72. The summed E-state index contributed by atoms with van der Waals surface area (Å²) in [6.07, 6.45) is 3.39. The number of amides is 1. The van der Waals surface area contributed by atoms with Gasteiger partial charge in [-0.15, -0.1) is 12.4 Å². The minimum Gasteiger partial charge on any atom is -0.493 e. The van der Waals surface area contributed by atoms with Crippen LogP contribution in [0.4, 0.5) is 0 Å². The van der Waals surface area contributed by atoms with Crippen molar-refractivity contribution in [3.8, 4) is 5.75 Å². The highest BCUT2D eigenvalue weighted by atomic mass is 35.5. The minimum absolute atomic E-state index is 0. The molecular formula is C18H29ClN2O2. The van der Waals surface area contributed by atoms with E-state index in [1.807, 2.05) is 36.1 Å². The van der Waals surface area contributed by atoms with Gasteiger partial charge in [0.05, 0.1) is 6.61 Å². The van der Waals surface area contributed by atoms with E-state index in [1.165, 1.54) is 0 Å². The van der Waals surface area contributed by atoms with Gasteiger partial charge < -0.3 is 15.4 Å². The average Bonchev–Trinajstić information content (AvgIpc) is 2.53. The van der Waals surface area contributed by atoms with Crippen molar-refractivity contribution < 1.29 is 9.53 Å². The van der Waals surface area contributed by atoms with Crippen LogP contribution in [0, 0.1) is 12.8 Å². The van der Waals surface area contributed by atoms with Crippen LogP contribution in [0.1, 0.15) is 38.2 Å². The molecule has 1 unspecified atom stereocenters. The van der Waals surface area contributed by atoms with Gasteiger partial charge in [0, 0.05) is 25.6 Å². The average molecular weight is 341 g/mol. The quantitative estimate of drug-likeness (QED) is 0.809. The predicted molar refractivity (Wildman–Crippen MR) is 96.1 cm³/mol. The van der Waals surface area contributed by atoms with Crippen molar-refractivity contribution in [2.45, 2.75) is 45.6 Å². The number of hydrogen-bond acceptors (Lipinski definition) is 3. The molecule has 0 bridgehead atoms. The highest BCUT2D eigenvalue weighted by Crippen LogP contribution is 2.20. The van der Waals surface area contributed by atoms with Gasteiger partial charge >= 0.3 is 0 Å². The first-order chi connectivity index (χ1) is 10.6. The number of aryl methyl sites for hydroxylation is 1. The van der Waals surface area contributed by atoms with E-state index in [0.29, 0.717) is 18.9 Å². The molecule has 1 aromatic rings. The number of nitrogens with two attached hydrogens (primary N) is 1. The monoisotopic (exact) mass is 340 g/mol. The van der Waals surface area contributed by atoms with Gasteiger partial charge in [0.15, 0.2) is 0 Å². The molecule has 0 saturated carbocycles. The first-order valence-corrected chi connectivity index (χ1v) is 8.29. The zero-order valence-corrected chi connectivity index (χ0v) is 15.0. The highest BCUT2D eigenvalue weighted by molar-refractivity contribution is 5.85. The topological polar surface area (TPSA) is 55.6 Å². The van der Waals surface area contributed by atoms with Crippen LogP contribution in [0.5, 0.6) is 5.75 Å². The zero-order chi connectivity index (χ0) is 15.9. The Morgan fingerprint density at radius 3 is 2.61 bits per heavy atom. The second-order valence-electron chi connectivity index (χ2n) is 6.29. The molecule has 0 aliphatic carbocycles. The van der Waals surface area contributed by atoms with Gasteiger partial charge in [-0.2, -0.15) is 0 Å². The van der Waals surface area contributed by atoms with Crippen LogP contribution in [0.2, 0.25) is 0 Å². The van der Waals surface area contributed by atoms with Crippen molar-refractivity contribution >= 4 is 18.3 Å². The van der Waals surface area contributed by atoms with Crippen LogP contribution in [0.15, 0.2) is 24.3 Å². The Hall–Kier alpha value is -1.26. The Morgan fingerprint density at radius 1 is 1.35 bits per heavy atom. The lowest BCUT2D eigenvalue weighted by Gasteiger charge is -2.33. The minimum atomic E-state index is 0. The summed E-state index contributed by atoms with van der Waals surface area (Å²) in [7, 11) is 0. The molecule has 2 rings (SSSR count). The third-order valence-electron chi connectivity index (χ3n) is 4.52. The molecular weight excluding hydrogens is 312 g/mol. The number of para-hydroxylation sites is 1. The predicted octanol–water partition coefficient (Wildman–Crippen LogP) is 3.16. The molecule has 1 aliphatic rings. The maximum atomic E-state index is 12.2. The normalized spacial score (nSPS) is 16.6. The lowest BCUT2D eigenvalue weighted by atomic mass is 9.91. The Balaban J connectivity index is 0.00000264. The molecule has 1 saturated heterocycles. The summed E-state index contributed by atoms with van der Waals surface area (Å²) in [6, 6.07) is 8.20. The van der Waals surface area contributed by atoms with E-state index < -0.39 is 0 Å². The van der Waals surface area contributed by atoms with Crippen LogP contribution < -0.4 is 10.5 Å². The molecule has 0 spiro atoms. The third kappa shape index (κ3) is 6.04. The molecule has 130 valence electrons. The molecule has 1 amide bonds. The fourth-order valence-corrected chi connectivity index (χ4v) is 2.96. The number of piperidine rings is 1. The van der Waals surface area contributed by atoms with E-state index in [4.69, 9.17) is 10.5 Å². The molecule has 1 fully saturated rings. The summed E-state index contributed by atoms with van der Waals surface area (Å²) in [5, 5.41) is 0. The molecule has 1 aliphatic heterocycles. The number of benzene rings is 1. The second-order valence-corrected chi connectivity index (χ2v) is 6.29. The molecule has 0 radical (unpaired) electrons. The van der Waals surface area contributed by atoms with Gasteiger partial charge in [0.2, 0.25) is 5.91 Å². The van der Waals surface area contributed by atoms with Crippen molar-refractivity contribution in [2.24, 2.45) is 11.7 Å². The number of rotatable bonds is 6. The first kappa shape index (κ1) is 19.8. The van der Waals surface area contributed by atoms with Crippen molar-refractivity contribution in [2.75, 3.05) is 19.7 Å². The molecule has 2 N–H and O–H groups in total. The van der Waals surface area contributed by atoms with E-state index in [9.17, 15) is 4.79 Å². The number of halogens is 1. The van der Waals surface area contributed by atoms with Crippen LogP contribution in [0.25, 0.3) is 0 Å². The summed E-state index contributed by atoms with van der Waals surface area (Å²) < 4.78 is 5.74. The van der Waals surface area contributed by atoms with E-state index >= 15 is 0 Å². The number of nitrogens with zero attached hydrogens (tertiary/aromatic N) is 1. The summed E-state index contributed by atoms with van der Waals surface area (Å²) in [4.78, 5) is 14.2. The Labute approximate surface area is 145 Å². The van der Waals surface area contributed by atoms with Gasteiger partial charge in [-0.25, -0.2) is 0 Å². The summed E-state index contributed by atoms with van der Waals surface area (Å²) in [6.45, 7) is 6.38. The van der Waals surface area contributed by atoms with E-state index in [-0.39, 0.29) is 24.4 Å². The number of carbonyl (C=O) groups is 1. The maximum Gasteiger partial charge on any atom is 0.222 e. The Bertz CT molecular complexity index is 486. The van der Waals surface area contributed by atoms with Gasteiger partial charge in [-0.05, 0) is 50.7 Å². The zero-order valence-electron chi connectivity index (χ0n) is 14.2. The van der Waals surface area contributed by atoms with Gasteiger partial charge in [-0.1, -0.05) is 18.2 Å². The molecule has 4 nitrogen and oxygen atoms in total. The van der Waals surface area contributed by atoms with Gasteiger partial charge in [0.25, 0.3) is 0 Å². The van der Waals surface area contributed by atoms with Crippen molar-refractivity contribution in [3.63, 3.8) is 0 Å². The first-order valence-electron chi connectivity index (χ1n) is 8.29. The Kier molecular flexibility index (Phi) is 8.42. The maximum absolute atomic E-state index is 12.2. The standard InChI is InChI=1S/C18H28N2O2.ClH/c1-14-6-3-4-7-17(14)22-13-5-8-18(21)20-11-9-16(10-12-20)15(2)19;/h3-4,6-7,15-16H,5,8-13,19H2,1-2H3;1H. The van der Waals surface area contributed by atoms with Gasteiger partial charge in [0.1, 0.15) is 5.75 Å². The largest absolute Gasteiger partial charge is 0.493 e.